The fraction of sp³-hybridized carbons (Fsp3) is 0.571. The summed E-state index contributed by atoms with van der Waals surface area (Å²) in [6, 6.07) is 2.35. The molecule has 0 spiro atoms. The molecule has 0 amide bonds. The number of sulfonamides is 1. The number of hydrogen-bond acceptors (Lipinski definition) is 3. The predicted octanol–water partition coefficient (Wildman–Crippen LogP) is 2.67. The number of anilines is 1. The van der Waals surface area contributed by atoms with E-state index in [1.807, 2.05) is 13.8 Å². The molecule has 1 aromatic carbocycles. The third-order valence-corrected chi connectivity index (χ3v) is 6.16. The molecule has 1 heterocycles. The van der Waals surface area contributed by atoms with E-state index in [0.29, 0.717) is 0 Å². The van der Waals surface area contributed by atoms with E-state index in [0.717, 1.165) is 25.3 Å². The highest BCUT2D eigenvalue weighted by atomic mass is 32.2. The molecule has 0 radical (unpaired) electrons. The lowest BCUT2D eigenvalue weighted by Gasteiger charge is -2.27. The summed E-state index contributed by atoms with van der Waals surface area (Å²) in [6.07, 6.45) is 2.44. The molecule has 0 saturated carbocycles. The van der Waals surface area contributed by atoms with Crippen LogP contribution in [0, 0.1) is 12.7 Å². The molecule has 4 nitrogen and oxygen atoms in total. The Bertz CT molecular complexity index is 593. The molecule has 1 aliphatic rings. The standard InChI is InChI=1S/C14H21FN2O2S/c1-4-11-6-5-9(2)17(11)20(18,19)12-7-13(15)10(3)14(16)8-12/h7-9,11H,4-6,16H2,1-3H3. The van der Waals surface area contributed by atoms with Crippen LogP contribution in [0.15, 0.2) is 17.0 Å². The third-order valence-electron chi connectivity index (χ3n) is 4.12. The largest absolute Gasteiger partial charge is 0.398 e. The minimum atomic E-state index is -3.70. The minimum Gasteiger partial charge on any atom is -0.398 e. The second-order valence-electron chi connectivity index (χ2n) is 5.44. The maximum Gasteiger partial charge on any atom is 0.243 e. The Morgan fingerprint density at radius 3 is 2.60 bits per heavy atom. The van der Waals surface area contributed by atoms with Crippen LogP contribution in [0.5, 0.6) is 0 Å². The van der Waals surface area contributed by atoms with Crippen LogP contribution in [0.4, 0.5) is 10.1 Å². The molecule has 2 unspecified atom stereocenters. The summed E-state index contributed by atoms with van der Waals surface area (Å²) in [6.45, 7) is 5.39. The highest BCUT2D eigenvalue weighted by molar-refractivity contribution is 7.89. The Morgan fingerprint density at radius 1 is 1.40 bits per heavy atom. The molecule has 1 saturated heterocycles. The Hall–Kier alpha value is -1.14. The van der Waals surface area contributed by atoms with Gasteiger partial charge in [-0.05, 0) is 45.2 Å². The van der Waals surface area contributed by atoms with Crippen LogP contribution >= 0.6 is 0 Å². The van der Waals surface area contributed by atoms with Gasteiger partial charge >= 0.3 is 0 Å². The molecular weight excluding hydrogens is 279 g/mol. The van der Waals surface area contributed by atoms with Gasteiger partial charge in [0.25, 0.3) is 0 Å². The van der Waals surface area contributed by atoms with E-state index < -0.39 is 15.8 Å². The second kappa shape index (κ2) is 5.33. The van der Waals surface area contributed by atoms with Crippen molar-refractivity contribution < 1.29 is 12.8 Å². The van der Waals surface area contributed by atoms with Crippen molar-refractivity contribution >= 4 is 15.7 Å². The zero-order chi connectivity index (χ0) is 15.1. The zero-order valence-corrected chi connectivity index (χ0v) is 12.9. The van der Waals surface area contributed by atoms with Gasteiger partial charge in [-0.1, -0.05) is 6.92 Å². The number of halogens is 1. The van der Waals surface area contributed by atoms with Crippen molar-refractivity contribution in [1.82, 2.24) is 4.31 Å². The summed E-state index contributed by atoms with van der Waals surface area (Å²) < 4.78 is 40.7. The molecule has 0 bridgehead atoms. The molecule has 1 aromatic rings. The monoisotopic (exact) mass is 300 g/mol. The first-order chi connectivity index (χ1) is 9.28. The first kappa shape index (κ1) is 15.3. The van der Waals surface area contributed by atoms with Gasteiger partial charge in [0.1, 0.15) is 5.82 Å². The lowest BCUT2D eigenvalue weighted by Crippen LogP contribution is -2.39. The average Bonchev–Trinajstić information content (AvgIpc) is 2.77. The summed E-state index contributed by atoms with van der Waals surface area (Å²) in [5.41, 5.74) is 6.15. The number of hydrogen-bond donors (Lipinski definition) is 1. The molecule has 2 rings (SSSR count). The maximum absolute atomic E-state index is 13.8. The second-order valence-corrected chi connectivity index (χ2v) is 7.29. The van der Waals surface area contributed by atoms with Crippen molar-refractivity contribution in [3.63, 3.8) is 0 Å². The van der Waals surface area contributed by atoms with Crippen LogP contribution in [-0.4, -0.2) is 24.8 Å². The summed E-state index contributed by atoms with van der Waals surface area (Å²) in [5.74, 6) is -0.580. The van der Waals surface area contributed by atoms with Gasteiger partial charge in [0.2, 0.25) is 10.0 Å². The van der Waals surface area contributed by atoms with Crippen LogP contribution in [0.3, 0.4) is 0 Å². The van der Waals surface area contributed by atoms with Crippen molar-refractivity contribution in [2.24, 2.45) is 0 Å². The molecule has 0 aliphatic carbocycles. The third kappa shape index (κ3) is 2.42. The average molecular weight is 300 g/mol. The van der Waals surface area contributed by atoms with Crippen LogP contribution < -0.4 is 5.73 Å². The molecule has 112 valence electrons. The van der Waals surface area contributed by atoms with Gasteiger partial charge in [-0.2, -0.15) is 4.31 Å². The molecule has 2 N–H and O–H groups in total. The topological polar surface area (TPSA) is 63.4 Å². The van der Waals surface area contributed by atoms with Crippen molar-refractivity contribution in [2.75, 3.05) is 5.73 Å². The van der Waals surface area contributed by atoms with E-state index in [4.69, 9.17) is 5.73 Å². The van der Waals surface area contributed by atoms with E-state index in [9.17, 15) is 12.8 Å². The lowest BCUT2D eigenvalue weighted by molar-refractivity contribution is 0.328. The van der Waals surface area contributed by atoms with Crippen molar-refractivity contribution in [3.05, 3.63) is 23.5 Å². The SMILES string of the molecule is CCC1CCC(C)N1S(=O)(=O)c1cc(N)c(C)c(F)c1. The molecule has 6 heteroatoms. The van der Waals surface area contributed by atoms with Crippen molar-refractivity contribution in [1.29, 1.82) is 0 Å². The highest BCUT2D eigenvalue weighted by Gasteiger charge is 2.39. The Balaban J connectivity index is 2.50. The lowest BCUT2D eigenvalue weighted by atomic mass is 10.2. The van der Waals surface area contributed by atoms with Crippen molar-refractivity contribution in [2.45, 2.75) is 57.0 Å². The Morgan fingerprint density at radius 2 is 2.05 bits per heavy atom. The summed E-state index contributed by atoms with van der Waals surface area (Å²) in [7, 11) is -3.70. The Kier molecular flexibility index (Phi) is 4.07. The van der Waals surface area contributed by atoms with E-state index in [1.165, 1.54) is 17.3 Å². The molecule has 20 heavy (non-hydrogen) atoms. The van der Waals surface area contributed by atoms with E-state index in [1.54, 1.807) is 0 Å². The molecule has 1 fully saturated rings. The molecule has 2 atom stereocenters. The van der Waals surface area contributed by atoms with Crippen LogP contribution in [-0.2, 0) is 10.0 Å². The van der Waals surface area contributed by atoms with Crippen LogP contribution in [0.25, 0.3) is 0 Å². The van der Waals surface area contributed by atoms with Crippen LogP contribution in [0.1, 0.15) is 38.7 Å². The Labute approximate surface area is 119 Å². The minimum absolute atomic E-state index is 0.0133. The first-order valence-corrected chi connectivity index (χ1v) is 8.32. The maximum atomic E-state index is 13.8. The first-order valence-electron chi connectivity index (χ1n) is 6.88. The summed E-state index contributed by atoms with van der Waals surface area (Å²) in [4.78, 5) is -0.0506. The van der Waals surface area contributed by atoms with E-state index in [-0.39, 0.29) is 28.2 Å². The summed E-state index contributed by atoms with van der Waals surface area (Å²) in [5, 5.41) is 0. The van der Waals surface area contributed by atoms with Gasteiger partial charge in [-0.15, -0.1) is 0 Å². The number of nitrogens with two attached hydrogens (primary N) is 1. The van der Waals surface area contributed by atoms with Gasteiger partial charge in [-0.3, -0.25) is 0 Å². The summed E-state index contributed by atoms with van der Waals surface area (Å²) >= 11 is 0. The fourth-order valence-electron chi connectivity index (χ4n) is 2.81. The number of benzene rings is 1. The van der Waals surface area contributed by atoms with E-state index >= 15 is 0 Å². The number of rotatable bonds is 3. The van der Waals surface area contributed by atoms with Gasteiger partial charge < -0.3 is 5.73 Å². The van der Waals surface area contributed by atoms with Gasteiger partial charge in [0, 0.05) is 23.3 Å². The molecule has 1 aliphatic heterocycles. The quantitative estimate of drug-likeness (QED) is 0.873. The van der Waals surface area contributed by atoms with Gasteiger partial charge in [0.15, 0.2) is 0 Å². The highest BCUT2D eigenvalue weighted by Crippen LogP contribution is 2.33. The van der Waals surface area contributed by atoms with Crippen molar-refractivity contribution in [3.8, 4) is 0 Å². The normalized spacial score (nSPS) is 24.2. The smallest absolute Gasteiger partial charge is 0.243 e. The fourth-order valence-corrected chi connectivity index (χ4v) is 4.81. The zero-order valence-electron chi connectivity index (χ0n) is 12.1. The molecule has 0 aromatic heterocycles. The van der Waals surface area contributed by atoms with Gasteiger partial charge in [-0.25, -0.2) is 12.8 Å². The number of nitrogen functional groups attached to an aromatic ring is 1. The predicted molar refractivity (Wildman–Crippen MR) is 77.3 cm³/mol. The molecular formula is C14H21FN2O2S. The van der Waals surface area contributed by atoms with E-state index in [2.05, 4.69) is 0 Å². The number of nitrogens with zero attached hydrogens (tertiary/aromatic N) is 1. The van der Waals surface area contributed by atoms with Crippen LogP contribution in [0.2, 0.25) is 0 Å². The van der Waals surface area contributed by atoms with Gasteiger partial charge in [0.05, 0.1) is 4.90 Å².